The number of fused-ring (bicyclic) bond motifs is 1. The van der Waals surface area contributed by atoms with Crippen LogP contribution in [0.2, 0.25) is 0 Å². The number of furan rings is 1. The van der Waals surface area contributed by atoms with Crippen LogP contribution in [0, 0.1) is 29.6 Å². The van der Waals surface area contributed by atoms with Crippen LogP contribution in [0.1, 0.15) is 35.1 Å². The van der Waals surface area contributed by atoms with Gasteiger partial charge in [0.25, 0.3) is 0 Å². The normalized spacial score (nSPS) is 14.3. The molecule has 0 spiro atoms. The number of pyridine rings is 1. The predicted molar refractivity (Wildman–Crippen MR) is 105 cm³/mol. The van der Waals surface area contributed by atoms with Gasteiger partial charge in [-0.1, -0.05) is 0 Å². The summed E-state index contributed by atoms with van der Waals surface area (Å²) in [6, 6.07) is 6.17. The molecular formula is C19H16BrN5O. The standard InChI is InChI=1S/C19H16BrN5O/c1-9-12(5-11-6-15(20)19(26-11)25(3)4)16-10(2)14(8-22)18(23)24-17(16)13(9)7-21/h5-6H,1-4H3,(H2,23,24). The highest BCUT2D eigenvalue weighted by atomic mass is 79.9. The van der Waals surface area contributed by atoms with Gasteiger partial charge in [-0.2, -0.15) is 10.5 Å². The SMILES string of the molecule is CC1=C(C#N)c2nc(N)c(C#N)c(C)c2C1=Cc1cc(Br)c(N(C)C)o1. The molecule has 0 fully saturated rings. The largest absolute Gasteiger partial charge is 0.440 e. The summed E-state index contributed by atoms with van der Waals surface area (Å²) in [6.07, 6.45) is 1.86. The van der Waals surface area contributed by atoms with Gasteiger partial charge in [-0.3, -0.25) is 0 Å². The molecule has 2 heterocycles. The molecule has 1 aliphatic carbocycles. The fourth-order valence-electron chi connectivity index (χ4n) is 3.09. The van der Waals surface area contributed by atoms with Gasteiger partial charge in [0, 0.05) is 25.7 Å². The van der Waals surface area contributed by atoms with E-state index in [9.17, 15) is 10.5 Å². The molecule has 0 bridgehead atoms. The number of nitriles is 2. The van der Waals surface area contributed by atoms with E-state index >= 15 is 0 Å². The van der Waals surface area contributed by atoms with E-state index in [-0.39, 0.29) is 5.82 Å². The molecule has 2 aromatic rings. The summed E-state index contributed by atoms with van der Waals surface area (Å²) in [5.74, 6) is 1.47. The molecule has 3 rings (SSSR count). The average molecular weight is 410 g/mol. The van der Waals surface area contributed by atoms with E-state index in [1.165, 1.54) is 0 Å². The van der Waals surface area contributed by atoms with E-state index in [2.05, 4.69) is 33.1 Å². The van der Waals surface area contributed by atoms with Crippen LogP contribution in [-0.4, -0.2) is 19.1 Å². The quantitative estimate of drug-likeness (QED) is 0.799. The number of rotatable bonds is 2. The lowest BCUT2D eigenvalue weighted by Crippen LogP contribution is -2.07. The minimum absolute atomic E-state index is 0.140. The Hall–Kier alpha value is -3.03. The molecule has 2 N–H and O–H groups in total. The molecule has 0 amide bonds. The Morgan fingerprint density at radius 1 is 1.27 bits per heavy atom. The third-order valence-corrected chi connectivity index (χ3v) is 4.93. The van der Waals surface area contributed by atoms with Gasteiger partial charge in [-0.15, -0.1) is 0 Å². The van der Waals surface area contributed by atoms with Crippen molar-refractivity contribution >= 4 is 44.9 Å². The smallest absolute Gasteiger partial charge is 0.209 e. The molecular weight excluding hydrogens is 394 g/mol. The molecule has 0 radical (unpaired) electrons. The Morgan fingerprint density at radius 3 is 2.50 bits per heavy atom. The van der Waals surface area contributed by atoms with Crippen molar-refractivity contribution in [2.24, 2.45) is 0 Å². The molecule has 0 atom stereocenters. The Bertz CT molecular complexity index is 1080. The van der Waals surface area contributed by atoms with E-state index in [4.69, 9.17) is 10.2 Å². The number of nitrogen functional groups attached to an aromatic ring is 1. The summed E-state index contributed by atoms with van der Waals surface area (Å²) in [5, 5.41) is 19.0. The maximum absolute atomic E-state index is 9.58. The molecule has 0 unspecified atom stereocenters. The number of halogens is 1. The molecule has 6 nitrogen and oxygen atoms in total. The minimum atomic E-state index is 0.140. The number of allylic oxidation sites excluding steroid dienone is 3. The maximum Gasteiger partial charge on any atom is 0.209 e. The zero-order chi connectivity index (χ0) is 19.2. The topological polar surface area (TPSA) is 103 Å². The fourth-order valence-corrected chi connectivity index (χ4v) is 3.75. The Labute approximate surface area is 160 Å². The second-order valence-electron chi connectivity index (χ2n) is 6.20. The third-order valence-electron chi connectivity index (χ3n) is 4.36. The van der Waals surface area contributed by atoms with Gasteiger partial charge < -0.3 is 15.1 Å². The number of nitrogens with zero attached hydrogens (tertiary/aromatic N) is 4. The molecule has 0 aromatic carbocycles. The van der Waals surface area contributed by atoms with Crippen molar-refractivity contribution in [1.82, 2.24) is 4.98 Å². The summed E-state index contributed by atoms with van der Waals surface area (Å²) in [4.78, 5) is 6.18. The van der Waals surface area contributed by atoms with Crippen molar-refractivity contribution in [3.8, 4) is 12.1 Å². The zero-order valence-electron chi connectivity index (χ0n) is 14.8. The van der Waals surface area contributed by atoms with Gasteiger partial charge >= 0.3 is 0 Å². The molecule has 0 aliphatic heterocycles. The molecule has 7 heteroatoms. The van der Waals surface area contributed by atoms with Crippen molar-refractivity contribution in [2.75, 3.05) is 24.7 Å². The summed E-state index contributed by atoms with van der Waals surface area (Å²) in [6.45, 7) is 3.68. The summed E-state index contributed by atoms with van der Waals surface area (Å²) in [7, 11) is 3.78. The highest BCUT2D eigenvalue weighted by Gasteiger charge is 2.30. The van der Waals surface area contributed by atoms with Gasteiger partial charge in [0.15, 0.2) is 0 Å². The number of aromatic nitrogens is 1. The predicted octanol–water partition coefficient (Wildman–Crippen LogP) is 4.12. The van der Waals surface area contributed by atoms with E-state index < -0.39 is 0 Å². The Morgan fingerprint density at radius 2 is 1.96 bits per heavy atom. The third kappa shape index (κ3) is 2.58. The van der Waals surface area contributed by atoms with Gasteiger partial charge in [0.2, 0.25) is 5.88 Å². The lowest BCUT2D eigenvalue weighted by Gasteiger charge is -2.10. The Kier molecular flexibility index (Phi) is 4.35. The highest BCUT2D eigenvalue weighted by molar-refractivity contribution is 9.10. The van der Waals surface area contributed by atoms with Crippen LogP contribution in [0.3, 0.4) is 0 Å². The first kappa shape index (κ1) is 17.8. The Balaban J connectivity index is 2.28. The van der Waals surface area contributed by atoms with Crippen molar-refractivity contribution in [3.63, 3.8) is 0 Å². The van der Waals surface area contributed by atoms with Crippen molar-refractivity contribution in [1.29, 1.82) is 10.5 Å². The zero-order valence-corrected chi connectivity index (χ0v) is 16.4. The second-order valence-corrected chi connectivity index (χ2v) is 7.05. The van der Waals surface area contributed by atoms with Crippen molar-refractivity contribution in [2.45, 2.75) is 13.8 Å². The van der Waals surface area contributed by atoms with E-state index in [0.717, 1.165) is 21.2 Å². The van der Waals surface area contributed by atoms with E-state index in [1.54, 1.807) is 0 Å². The van der Waals surface area contributed by atoms with Crippen LogP contribution < -0.4 is 10.6 Å². The average Bonchev–Trinajstić information content (AvgIpc) is 3.06. The van der Waals surface area contributed by atoms with Crippen molar-refractivity contribution in [3.05, 3.63) is 44.3 Å². The lowest BCUT2D eigenvalue weighted by atomic mass is 9.96. The first-order valence-corrected chi connectivity index (χ1v) is 8.60. The second kappa shape index (κ2) is 6.36. The highest BCUT2D eigenvalue weighted by Crippen LogP contribution is 2.44. The van der Waals surface area contributed by atoms with Crippen LogP contribution in [0.15, 0.2) is 20.5 Å². The van der Waals surface area contributed by atoms with E-state index in [1.807, 2.05) is 45.0 Å². The molecule has 26 heavy (non-hydrogen) atoms. The summed E-state index contributed by atoms with van der Waals surface area (Å²) >= 11 is 3.49. The van der Waals surface area contributed by atoms with Gasteiger partial charge in [0.1, 0.15) is 23.7 Å². The number of anilines is 2. The van der Waals surface area contributed by atoms with E-state index in [0.29, 0.717) is 34.0 Å². The van der Waals surface area contributed by atoms with Gasteiger partial charge in [-0.05, 0) is 52.6 Å². The molecule has 2 aromatic heterocycles. The summed E-state index contributed by atoms with van der Waals surface area (Å²) in [5.41, 5.74) is 10.3. The molecule has 0 saturated heterocycles. The molecule has 0 saturated carbocycles. The fraction of sp³-hybridized carbons (Fsp3) is 0.211. The van der Waals surface area contributed by atoms with Crippen LogP contribution in [0.25, 0.3) is 17.2 Å². The molecule has 1 aliphatic rings. The maximum atomic E-state index is 9.58. The lowest BCUT2D eigenvalue weighted by molar-refractivity contribution is 0.554. The van der Waals surface area contributed by atoms with Gasteiger partial charge in [-0.25, -0.2) is 4.98 Å². The van der Waals surface area contributed by atoms with Crippen LogP contribution in [0.5, 0.6) is 0 Å². The summed E-state index contributed by atoms with van der Waals surface area (Å²) < 4.78 is 6.71. The van der Waals surface area contributed by atoms with Crippen LogP contribution in [-0.2, 0) is 0 Å². The van der Waals surface area contributed by atoms with Crippen LogP contribution in [0.4, 0.5) is 11.7 Å². The van der Waals surface area contributed by atoms with Crippen molar-refractivity contribution < 1.29 is 4.42 Å². The van der Waals surface area contributed by atoms with Crippen LogP contribution >= 0.6 is 15.9 Å². The number of nitrogens with two attached hydrogens (primary N) is 1. The first-order chi connectivity index (χ1) is 12.3. The van der Waals surface area contributed by atoms with Gasteiger partial charge in [0.05, 0.1) is 21.3 Å². The molecule has 130 valence electrons. The monoisotopic (exact) mass is 409 g/mol. The number of hydrogen-bond acceptors (Lipinski definition) is 6. The minimum Gasteiger partial charge on any atom is -0.440 e. The first-order valence-electron chi connectivity index (χ1n) is 7.80. The number of hydrogen-bond donors (Lipinski definition) is 1.